The SMILES string of the molecule is Cc1ccc(C(=O)Nc2cc(CN3CCN(C)CC3)cc(C(F)(F)F)c2)cc1Oc1nc(-c2cccnc2)nc2ccsc12. The van der Waals surface area contributed by atoms with Crippen LogP contribution in [0.4, 0.5) is 18.9 Å². The molecule has 6 rings (SSSR count). The number of amides is 1. The standard InChI is InChI=1S/C32H29F3N6O2S/c1-20-5-6-22(16-27(20)43-31-28-26(7-13-44-28)38-29(39-31)23-4-3-8-36-18-23)30(42)37-25-15-21(14-24(17-25)32(33,34)35)19-41-11-9-40(2)10-12-41/h3-8,13-18H,9-12,19H2,1-2H3,(H,37,42). The van der Waals surface area contributed by atoms with Crippen LogP contribution in [0.2, 0.25) is 0 Å². The molecule has 0 spiro atoms. The Bertz CT molecular complexity index is 1800. The van der Waals surface area contributed by atoms with Crippen molar-refractivity contribution in [2.24, 2.45) is 0 Å². The van der Waals surface area contributed by atoms with Gasteiger partial charge in [0.25, 0.3) is 5.91 Å². The van der Waals surface area contributed by atoms with E-state index in [4.69, 9.17) is 4.74 Å². The molecule has 0 radical (unpaired) electrons. The maximum absolute atomic E-state index is 13.8. The molecule has 1 aliphatic heterocycles. The fraction of sp³-hybridized carbons (Fsp3) is 0.250. The number of alkyl halides is 3. The molecule has 226 valence electrons. The number of fused-ring (bicyclic) bond motifs is 1. The van der Waals surface area contributed by atoms with E-state index in [1.807, 2.05) is 31.5 Å². The van der Waals surface area contributed by atoms with Crippen molar-refractivity contribution in [3.8, 4) is 23.0 Å². The molecule has 3 aromatic heterocycles. The summed E-state index contributed by atoms with van der Waals surface area (Å²) in [4.78, 5) is 31.1. The van der Waals surface area contributed by atoms with Gasteiger partial charge in [-0.3, -0.25) is 14.7 Å². The quantitative estimate of drug-likeness (QED) is 0.213. The number of hydrogen-bond acceptors (Lipinski definition) is 8. The number of pyridine rings is 1. The molecule has 44 heavy (non-hydrogen) atoms. The van der Waals surface area contributed by atoms with Gasteiger partial charge >= 0.3 is 6.18 Å². The number of carbonyl (C=O) groups excluding carboxylic acids is 1. The number of hydrogen-bond donors (Lipinski definition) is 1. The summed E-state index contributed by atoms with van der Waals surface area (Å²) in [5.41, 5.74) is 2.18. The maximum atomic E-state index is 13.8. The van der Waals surface area contributed by atoms with Crippen LogP contribution in [0.5, 0.6) is 11.6 Å². The molecule has 0 aliphatic carbocycles. The molecular formula is C32H29F3N6O2S. The van der Waals surface area contributed by atoms with E-state index in [9.17, 15) is 18.0 Å². The average Bonchev–Trinajstić information content (AvgIpc) is 3.48. The highest BCUT2D eigenvalue weighted by atomic mass is 32.1. The third-order valence-corrected chi connectivity index (χ3v) is 8.32. The van der Waals surface area contributed by atoms with E-state index < -0.39 is 17.6 Å². The van der Waals surface area contributed by atoms with Crippen molar-refractivity contribution in [3.05, 3.63) is 94.6 Å². The number of nitrogens with one attached hydrogen (secondary N) is 1. The van der Waals surface area contributed by atoms with Gasteiger partial charge in [-0.2, -0.15) is 18.2 Å². The Hall–Kier alpha value is -4.39. The Morgan fingerprint density at radius 3 is 2.61 bits per heavy atom. The zero-order chi connectivity index (χ0) is 30.8. The summed E-state index contributed by atoms with van der Waals surface area (Å²) in [6.45, 7) is 5.41. The van der Waals surface area contributed by atoms with E-state index in [2.05, 4.69) is 30.1 Å². The van der Waals surface area contributed by atoms with Crippen molar-refractivity contribution in [1.82, 2.24) is 24.8 Å². The number of nitrogens with zero attached hydrogens (tertiary/aromatic N) is 5. The molecule has 4 heterocycles. The lowest BCUT2D eigenvalue weighted by Gasteiger charge is -2.32. The van der Waals surface area contributed by atoms with Gasteiger partial charge in [0.15, 0.2) is 5.82 Å². The van der Waals surface area contributed by atoms with Gasteiger partial charge in [-0.15, -0.1) is 11.3 Å². The topological polar surface area (TPSA) is 83.5 Å². The highest BCUT2D eigenvalue weighted by Crippen LogP contribution is 2.36. The number of halogens is 3. The molecule has 2 aromatic carbocycles. The number of likely N-dealkylation sites (N-methyl/N-ethyl adjacent to an activating group) is 1. The number of rotatable bonds is 7. The maximum Gasteiger partial charge on any atom is 0.416 e. The first-order valence-electron chi connectivity index (χ1n) is 14.0. The number of benzene rings is 2. The highest BCUT2D eigenvalue weighted by molar-refractivity contribution is 7.17. The van der Waals surface area contributed by atoms with E-state index in [1.54, 1.807) is 42.7 Å². The zero-order valence-corrected chi connectivity index (χ0v) is 24.9. The zero-order valence-electron chi connectivity index (χ0n) is 24.1. The molecule has 12 heteroatoms. The summed E-state index contributed by atoms with van der Waals surface area (Å²) in [6.07, 6.45) is -1.22. The predicted octanol–water partition coefficient (Wildman–Crippen LogP) is 6.87. The van der Waals surface area contributed by atoms with E-state index in [1.165, 1.54) is 11.3 Å². The van der Waals surface area contributed by atoms with Crippen LogP contribution in [-0.2, 0) is 12.7 Å². The molecule has 0 bridgehead atoms. The van der Waals surface area contributed by atoms with Crippen molar-refractivity contribution in [2.45, 2.75) is 19.6 Å². The molecule has 5 aromatic rings. The smallest absolute Gasteiger partial charge is 0.416 e. The minimum atomic E-state index is -4.55. The molecule has 1 fully saturated rings. The fourth-order valence-corrected chi connectivity index (χ4v) is 5.73. The van der Waals surface area contributed by atoms with Crippen LogP contribution in [0.3, 0.4) is 0 Å². The summed E-state index contributed by atoms with van der Waals surface area (Å²) in [7, 11) is 2.02. The van der Waals surface area contributed by atoms with Gasteiger partial charge in [0.05, 0.1) is 11.1 Å². The predicted molar refractivity (Wildman–Crippen MR) is 164 cm³/mol. The largest absolute Gasteiger partial charge is 0.437 e. The summed E-state index contributed by atoms with van der Waals surface area (Å²) in [6, 6.07) is 14.1. The second kappa shape index (κ2) is 12.3. The Kier molecular flexibility index (Phi) is 8.30. The van der Waals surface area contributed by atoms with Crippen LogP contribution in [0.25, 0.3) is 21.6 Å². The minimum absolute atomic E-state index is 0.0780. The Balaban J connectivity index is 1.26. The van der Waals surface area contributed by atoms with Gasteiger partial charge in [0.1, 0.15) is 10.4 Å². The number of ether oxygens (including phenoxy) is 1. The van der Waals surface area contributed by atoms with Gasteiger partial charge in [-0.05, 0) is 79.0 Å². The molecule has 1 aliphatic rings. The Labute approximate surface area is 256 Å². The van der Waals surface area contributed by atoms with Crippen molar-refractivity contribution >= 4 is 33.1 Å². The van der Waals surface area contributed by atoms with Crippen molar-refractivity contribution < 1.29 is 22.7 Å². The first-order chi connectivity index (χ1) is 21.1. The normalized spacial score (nSPS) is 14.6. The highest BCUT2D eigenvalue weighted by Gasteiger charge is 2.31. The molecule has 1 N–H and O–H groups in total. The molecule has 0 unspecified atom stereocenters. The monoisotopic (exact) mass is 618 g/mol. The van der Waals surface area contributed by atoms with Gasteiger partial charge in [0, 0.05) is 61.9 Å². The lowest BCUT2D eigenvalue weighted by Crippen LogP contribution is -2.43. The van der Waals surface area contributed by atoms with E-state index in [0.717, 1.165) is 54.1 Å². The van der Waals surface area contributed by atoms with Crippen LogP contribution in [0.1, 0.15) is 27.0 Å². The van der Waals surface area contributed by atoms with Crippen LogP contribution in [0, 0.1) is 6.92 Å². The molecule has 0 atom stereocenters. The van der Waals surface area contributed by atoms with Gasteiger partial charge in [-0.1, -0.05) is 6.07 Å². The molecule has 1 amide bonds. The van der Waals surface area contributed by atoms with Crippen molar-refractivity contribution in [1.29, 1.82) is 0 Å². The number of aryl methyl sites for hydroxylation is 1. The lowest BCUT2D eigenvalue weighted by atomic mass is 10.1. The van der Waals surface area contributed by atoms with Crippen LogP contribution in [-0.4, -0.2) is 63.9 Å². The number of carbonyl (C=O) groups is 1. The third kappa shape index (κ3) is 6.72. The van der Waals surface area contributed by atoms with Crippen molar-refractivity contribution in [2.75, 3.05) is 38.5 Å². The van der Waals surface area contributed by atoms with Crippen LogP contribution < -0.4 is 10.1 Å². The molecule has 0 saturated carbocycles. The first-order valence-corrected chi connectivity index (χ1v) is 14.9. The fourth-order valence-electron chi connectivity index (χ4n) is 4.97. The first kappa shape index (κ1) is 29.7. The molecule has 1 saturated heterocycles. The number of piperazine rings is 1. The van der Waals surface area contributed by atoms with E-state index in [0.29, 0.717) is 35.1 Å². The van der Waals surface area contributed by atoms with Crippen LogP contribution in [0.15, 0.2) is 72.4 Å². The molecular weight excluding hydrogens is 589 g/mol. The van der Waals surface area contributed by atoms with Gasteiger partial charge < -0.3 is 15.0 Å². The lowest BCUT2D eigenvalue weighted by molar-refractivity contribution is -0.137. The summed E-state index contributed by atoms with van der Waals surface area (Å²) in [5, 5.41) is 4.56. The number of anilines is 1. The van der Waals surface area contributed by atoms with Gasteiger partial charge in [0.2, 0.25) is 5.88 Å². The summed E-state index contributed by atoms with van der Waals surface area (Å²) in [5.74, 6) is 0.612. The minimum Gasteiger partial charge on any atom is -0.437 e. The number of thiophene rings is 1. The number of aromatic nitrogens is 3. The molecule has 8 nitrogen and oxygen atoms in total. The second-order valence-electron chi connectivity index (χ2n) is 10.8. The Morgan fingerprint density at radius 2 is 1.86 bits per heavy atom. The second-order valence-corrected chi connectivity index (χ2v) is 11.7. The van der Waals surface area contributed by atoms with E-state index >= 15 is 0 Å². The summed E-state index contributed by atoms with van der Waals surface area (Å²) < 4.78 is 48.4. The van der Waals surface area contributed by atoms with Gasteiger partial charge in [-0.25, -0.2) is 4.98 Å². The van der Waals surface area contributed by atoms with Crippen LogP contribution >= 0.6 is 11.3 Å². The van der Waals surface area contributed by atoms with Crippen molar-refractivity contribution in [3.63, 3.8) is 0 Å². The van der Waals surface area contributed by atoms with E-state index in [-0.39, 0.29) is 11.3 Å². The average molecular weight is 619 g/mol. The Morgan fingerprint density at radius 1 is 1.05 bits per heavy atom. The summed E-state index contributed by atoms with van der Waals surface area (Å²) >= 11 is 1.43. The third-order valence-electron chi connectivity index (χ3n) is 7.43.